The molecule has 26 heavy (non-hydrogen) atoms. The topological polar surface area (TPSA) is 69.6 Å². The van der Waals surface area contributed by atoms with Gasteiger partial charge in [0.25, 0.3) is 0 Å². The standard InChI is InChI=1S/C19H31N5OS/c1-14-22-17(13-26-14)8-10-21-19(20-2)23-16-9-11-24(12-16)18(25)15-6-4-3-5-7-15/h13,15-16H,3-12H2,1-2H3,(H2,20,21,23). The monoisotopic (exact) mass is 377 g/mol. The molecule has 1 aromatic heterocycles. The van der Waals surface area contributed by atoms with Crippen LogP contribution in [0.5, 0.6) is 0 Å². The molecule has 7 heteroatoms. The van der Waals surface area contributed by atoms with Gasteiger partial charge in [-0.3, -0.25) is 9.79 Å². The number of guanidine groups is 1. The van der Waals surface area contributed by atoms with E-state index in [-0.39, 0.29) is 12.0 Å². The molecular weight excluding hydrogens is 346 g/mol. The Balaban J connectivity index is 1.40. The first-order valence-electron chi connectivity index (χ1n) is 9.82. The Kier molecular flexibility index (Phi) is 6.88. The van der Waals surface area contributed by atoms with Gasteiger partial charge >= 0.3 is 0 Å². The van der Waals surface area contributed by atoms with Crippen LogP contribution in [-0.2, 0) is 11.2 Å². The van der Waals surface area contributed by atoms with Crippen molar-refractivity contribution in [1.29, 1.82) is 0 Å². The summed E-state index contributed by atoms with van der Waals surface area (Å²) in [6.45, 7) is 4.49. The SMILES string of the molecule is CN=C(NCCc1csc(C)n1)NC1CCN(C(=O)C2CCCCC2)C1. The van der Waals surface area contributed by atoms with Crippen molar-refractivity contribution >= 4 is 23.2 Å². The molecule has 1 aromatic rings. The van der Waals surface area contributed by atoms with E-state index in [1.165, 1.54) is 19.3 Å². The number of aliphatic imine (C=N–C) groups is 1. The summed E-state index contributed by atoms with van der Waals surface area (Å²) in [6, 6.07) is 0.287. The van der Waals surface area contributed by atoms with Gasteiger partial charge in [0, 0.05) is 50.4 Å². The number of hydrogen-bond donors (Lipinski definition) is 2. The highest BCUT2D eigenvalue weighted by molar-refractivity contribution is 7.09. The van der Waals surface area contributed by atoms with Gasteiger partial charge in [0.2, 0.25) is 5.91 Å². The molecule has 0 bridgehead atoms. The number of rotatable bonds is 5. The van der Waals surface area contributed by atoms with E-state index in [4.69, 9.17) is 0 Å². The first-order valence-corrected chi connectivity index (χ1v) is 10.7. The number of hydrogen-bond acceptors (Lipinski definition) is 4. The summed E-state index contributed by atoms with van der Waals surface area (Å²) < 4.78 is 0. The second-order valence-corrected chi connectivity index (χ2v) is 8.42. The molecule has 0 radical (unpaired) electrons. The maximum absolute atomic E-state index is 12.7. The van der Waals surface area contributed by atoms with E-state index in [1.807, 2.05) is 6.92 Å². The van der Waals surface area contributed by atoms with E-state index in [9.17, 15) is 4.79 Å². The molecule has 2 fully saturated rings. The minimum absolute atomic E-state index is 0.265. The van der Waals surface area contributed by atoms with Gasteiger partial charge in [-0.2, -0.15) is 0 Å². The van der Waals surface area contributed by atoms with Gasteiger partial charge in [0.15, 0.2) is 5.96 Å². The van der Waals surface area contributed by atoms with Crippen molar-refractivity contribution in [2.24, 2.45) is 10.9 Å². The van der Waals surface area contributed by atoms with Crippen LogP contribution in [0.25, 0.3) is 0 Å². The summed E-state index contributed by atoms with van der Waals surface area (Å²) in [7, 11) is 1.79. The lowest BCUT2D eigenvalue weighted by atomic mass is 9.88. The van der Waals surface area contributed by atoms with Gasteiger partial charge in [0.1, 0.15) is 0 Å². The van der Waals surface area contributed by atoms with Crippen molar-refractivity contribution in [3.8, 4) is 0 Å². The van der Waals surface area contributed by atoms with Gasteiger partial charge in [-0.05, 0) is 26.2 Å². The molecule has 2 N–H and O–H groups in total. The van der Waals surface area contributed by atoms with Crippen LogP contribution in [0, 0.1) is 12.8 Å². The zero-order chi connectivity index (χ0) is 18.4. The Labute approximate surface area is 160 Å². The van der Waals surface area contributed by atoms with Crippen LogP contribution >= 0.6 is 11.3 Å². The highest BCUT2D eigenvalue weighted by Gasteiger charge is 2.31. The number of nitrogens with zero attached hydrogens (tertiary/aromatic N) is 3. The number of amides is 1. The molecule has 1 unspecified atom stereocenters. The van der Waals surface area contributed by atoms with Crippen molar-refractivity contribution in [2.45, 2.75) is 57.9 Å². The molecular formula is C19H31N5OS. The van der Waals surface area contributed by atoms with Gasteiger partial charge in [-0.1, -0.05) is 19.3 Å². The number of thiazole rings is 1. The number of aromatic nitrogens is 1. The smallest absolute Gasteiger partial charge is 0.225 e. The number of carbonyl (C=O) groups is 1. The Morgan fingerprint density at radius 3 is 2.85 bits per heavy atom. The lowest BCUT2D eigenvalue weighted by Crippen LogP contribution is -2.46. The summed E-state index contributed by atoms with van der Waals surface area (Å²) in [5, 5.41) is 10.1. The molecule has 0 aromatic carbocycles. The van der Waals surface area contributed by atoms with Crippen molar-refractivity contribution in [3.63, 3.8) is 0 Å². The Morgan fingerprint density at radius 1 is 1.35 bits per heavy atom. The minimum Gasteiger partial charge on any atom is -0.356 e. The number of nitrogens with one attached hydrogen (secondary N) is 2. The van der Waals surface area contributed by atoms with Gasteiger partial charge < -0.3 is 15.5 Å². The number of aryl methyl sites for hydroxylation is 1. The normalized spacial score (nSPS) is 21.8. The molecule has 1 saturated carbocycles. The Hall–Kier alpha value is -1.63. The summed E-state index contributed by atoms with van der Waals surface area (Å²) >= 11 is 1.69. The van der Waals surface area contributed by atoms with E-state index >= 15 is 0 Å². The lowest BCUT2D eigenvalue weighted by Gasteiger charge is -2.26. The van der Waals surface area contributed by atoms with E-state index in [0.717, 1.165) is 62.0 Å². The summed E-state index contributed by atoms with van der Waals surface area (Å²) in [4.78, 5) is 23.5. The third kappa shape index (κ3) is 5.19. The fourth-order valence-electron chi connectivity index (χ4n) is 3.91. The molecule has 1 amide bonds. The molecule has 1 aliphatic heterocycles. The number of likely N-dealkylation sites (tertiary alicyclic amines) is 1. The van der Waals surface area contributed by atoms with Gasteiger partial charge in [0.05, 0.1) is 10.7 Å². The average Bonchev–Trinajstić information content (AvgIpc) is 3.30. The van der Waals surface area contributed by atoms with Gasteiger partial charge in [-0.25, -0.2) is 4.98 Å². The maximum atomic E-state index is 12.7. The van der Waals surface area contributed by atoms with Crippen LogP contribution < -0.4 is 10.6 Å². The molecule has 2 heterocycles. The molecule has 3 rings (SSSR count). The van der Waals surface area contributed by atoms with E-state index in [2.05, 4.69) is 30.9 Å². The predicted octanol–water partition coefficient (Wildman–Crippen LogP) is 2.34. The average molecular weight is 378 g/mol. The lowest BCUT2D eigenvalue weighted by molar-refractivity contribution is -0.135. The van der Waals surface area contributed by atoms with Crippen LogP contribution in [-0.4, -0.2) is 54.5 Å². The second kappa shape index (κ2) is 9.35. The fourth-order valence-corrected chi connectivity index (χ4v) is 4.55. The molecule has 6 nitrogen and oxygen atoms in total. The second-order valence-electron chi connectivity index (χ2n) is 7.36. The molecule has 1 atom stereocenters. The predicted molar refractivity (Wildman–Crippen MR) is 107 cm³/mol. The highest BCUT2D eigenvalue weighted by atomic mass is 32.1. The maximum Gasteiger partial charge on any atom is 0.225 e. The van der Waals surface area contributed by atoms with Crippen LogP contribution in [0.4, 0.5) is 0 Å². The quantitative estimate of drug-likeness (QED) is 0.610. The van der Waals surface area contributed by atoms with Crippen molar-refractivity contribution < 1.29 is 4.79 Å². The molecule has 0 spiro atoms. The summed E-state index contributed by atoms with van der Waals surface area (Å²) in [5.41, 5.74) is 1.13. The van der Waals surface area contributed by atoms with E-state index < -0.39 is 0 Å². The van der Waals surface area contributed by atoms with Crippen LogP contribution in [0.15, 0.2) is 10.4 Å². The Bertz CT molecular complexity index is 623. The minimum atomic E-state index is 0.265. The molecule has 1 aliphatic carbocycles. The van der Waals surface area contributed by atoms with E-state index in [1.54, 1.807) is 18.4 Å². The summed E-state index contributed by atoms with van der Waals surface area (Å²) in [6.07, 6.45) is 7.74. The zero-order valence-corrected chi connectivity index (χ0v) is 16.8. The first kappa shape index (κ1) is 19.1. The van der Waals surface area contributed by atoms with Crippen molar-refractivity contribution in [3.05, 3.63) is 16.1 Å². The molecule has 1 saturated heterocycles. The first-order chi connectivity index (χ1) is 12.7. The molecule has 144 valence electrons. The summed E-state index contributed by atoms with van der Waals surface area (Å²) in [5.74, 6) is 1.45. The zero-order valence-electron chi connectivity index (χ0n) is 16.0. The third-order valence-corrected chi connectivity index (χ3v) is 6.18. The van der Waals surface area contributed by atoms with Gasteiger partial charge in [-0.15, -0.1) is 11.3 Å². The highest BCUT2D eigenvalue weighted by Crippen LogP contribution is 2.26. The van der Waals surface area contributed by atoms with Crippen LogP contribution in [0.2, 0.25) is 0 Å². The third-order valence-electron chi connectivity index (χ3n) is 5.36. The molecule has 2 aliphatic rings. The van der Waals surface area contributed by atoms with Crippen LogP contribution in [0.1, 0.15) is 49.2 Å². The van der Waals surface area contributed by atoms with Crippen molar-refractivity contribution in [1.82, 2.24) is 20.5 Å². The Morgan fingerprint density at radius 2 is 2.15 bits per heavy atom. The van der Waals surface area contributed by atoms with Crippen molar-refractivity contribution in [2.75, 3.05) is 26.7 Å². The largest absolute Gasteiger partial charge is 0.356 e. The number of carbonyl (C=O) groups excluding carboxylic acids is 1. The van der Waals surface area contributed by atoms with E-state index in [0.29, 0.717) is 5.91 Å². The van der Waals surface area contributed by atoms with Crippen LogP contribution in [0.3, 0.4) is 0 Å². The fraction of sp³-hybridized carbons (Fsp3) is 0.737.